The van der Waals surface area contributed by atoms with Crippen LogP contribution in [0.4, 0.5) is 10.5 Å². The Hall–Kier alpha value is -2.15. The van der Waals surface area contributed by atoms with Crippen molar-refractivity contribution in [3.63, 3.8) is 0 Å². The van der Waals surface area contributed by atoms with Gasteiger partial charge in [-0.2, -0.15) is 0 Å². The van der Waals surface area contributed by atoms with E-state index in [1.165, 1.54) is 4.90 Å². The third-order valence-electron chi connectivity index (χ3n) is 3.57. The second-order valence-corrected chi connectivity index (χ2v) is 6.53. The Labute approximate surface area is 135 Å². The van der Waals surface area contributed by atoms with Gasteiger partial charge in [0.1, 0.15) is 5.60 Å². The maximum Gasteiger partial charge on any atom is 0.410 e. The third kappa shape index (κ3) is 3.98. The monoisotopic (exact) mass is 322 g/mol. The fourth-order valence-electron chi connectivity index (χ4n) is 2.60. The standard InChI is InChI=1S/C16H22N2O5/c1-11-6-5-7-12(14(11)18(20)21)13-10-22-9-8-17(13)15(19)23-16(2,3)4/h5-7,13H,8-10H2,1-4H3. The van der Waals surface area contributed by atoms with Crippen molar-refractivity contribution in [1.29, 1.82) is 0 Å². The first-order valence-corrected chi connectivity index (χ1v) is 7.52. The van der Waals surface area contributed by atoms with Crippen molar-refractivity contribution in [1.82, 2.24) is 4.90 Å². The highest BCUT2D eigenvalue weighted by atomic mass is 16.6. The molecule has 0 spiro atoms. The summed E-state index contributed by atoms with van der Waals surface area (Å²) in [6, 6.07) is 4.57. The van der Waals surface area contributed by atoms with Crippen LogP contribution in [-0.2, 0) is 9.47 Å². The number of hydrogen-bond donors (Lipinski definition) is 0. The molecule has 1 aromatic carbocycles. The van der Waals surface area contributed by atoms with E-state index < -0.39 is 22.7 Å². The molecule has 1 fully saturated rings. The number of carbonyl (C=O) groups excluding carboxylic acids is 1. The first kappa shape index (κ1) is 17.2. The van der Waals surface area contributed by atoms with Crippen molar-refractivity contribution in [3.05, 3.63) is 39.4 Å². The number of hydrogen-bond acceptors (Lipinski definition) is 5. The SMILES string of the molecule is Cc1cccc(C2COCCN2C(=O)OC(C)(C)C)c1[N+](=O)[O-]. The zero-order valence-electron chi connectivity index (χ0n) is 13.9. The van der Waals surface area contributed by atoms with E-state index in [0.717, 1.165) is 0 Å². The Morgan fingerprint density at radius 3 is 2.74 bits per heavy atom. The molecule has 0 aromatic heterocycles. The average Bonchev–Trinajstić information content (AvgIpc) is 2.44. The lowest BCUT2D eigenvalue weighted by Crippen LogP contribution is -2.45. The Bertz CT molecular complexity index is 609. The van der Waals surface area contributed by atoms with Gasteiger partial charge >= 0.3 is 6.09 Å². The molecule has 1 aromatic rings. The molecule has 23 heavy (non-hydrogen) atoms. The van der Waals surface area contributed by atoms with Gasteiger partial charge in [0, 0.05) is 12.1 Å². The summed E-state index contributed by atoms with van der Waals surface area (Å²) in [5.41, 5.74) is 0.428. The first-order chi connectivity index (χ1) is 10.7. The molecule has 1 aliphatic rings. The molecular formula is C16H22N2O5. The van der Waals surface area contributed by atoms with E-state index >= 15 is 0 Å². The van der Waals surface area contributed by atoms with Crippen LogP contribution < -0.4 is 0 Å². The number of morpholine rings is 1. The molecule has 1 heterocycles. The average molecular weight is 322 g/mol. The summed E-state index contributed by atoms with van der Waals surface area (Å²) in [6.07, 6.45) is -0.485. The molecule has 1 aliphatic heterocycles. The lowest BCUT2D eigenvalue weighted by atomic mass is 10.00. The van der Waals surface area contributed by atoms with Crippen molar-refractivity contribution >= 4 is 11.8 Å². The molecule has 0 aliphatic carbocycles. The topological polar surface area (TPSA) is 81.9 Å². The molecule has 1 saturated heterocycles. The summed E-state index contributed by atoms with van der Waals surface area (Å²) in [7, 11) is 0. The molecule has 1 amide bonds. The molecule has 1 atom stereocenters. The smallest absolute Gasteiger partial charge is 0.410 e. The Kier molecular flexibility index (Phi) is 4.89. The highest BCUT2D eigenvalue weighted by Gasteiger charge is 2.36. The number of benzene rings is 1. The van der Waals surface area contributed by atoms with Crippen LogP contribution in [0.3, 0.4) is 0 Å². The van der Waals surface area contributed by atoms with Gasteiger partial charge in [-0.05, 0) is 33.8 Å². The zero-order valence-corrected chi connectivity index (χ0v) is 13.9. The highest BCUT2D eigenvalue weighted by Crippen LogP contribution is 2.34. The van der Waals surface area contributed by atoms with Gasteiger partial charge in [0.05, 0.1) is 29.7 Å². The number of para-hydroxylation sites is 1. The Morgan fingerprint density at radius 2 is 2.13 bits per heavy atom. The van der Waals surface area contributed by atoms with E-state index in [4.69, 9.17) is 9.47 Å². The summed E-state index contributed by atoms with van der Waals surface area (Å²) in [4.78, 5) is 25.0. The van der Waals surface area contributed by atoms with E-state index in [9.17, 15) is 14.9 Å². The quantitative estimate of drug-likeness (QED) is 0.617. The Balaban J connectivity index is 2.38. The van der Waals surface area contributed by atoms with E-state index in [1.54, 1.807) is 45.9 Å². The second-order valence-electron chi connectivity index (χ2n) is 6.53. The summed E-state index contributed by atoms with van der Waals surface area (Å²) >= 11 is 0. The zero-order chi connectivity index (χ0) is 17.2. The highest BCUT2D eigenvalue weighted by molar-refractivity contribution is 5.69. The van der Waals surface area contributed by atoms with Gasteiger partial charge in [0.15, 0.2) is 0 Å². The molecule has 126 valence electrons. The van der Waals surface area contributed by atoms with Crippen LogP contribution in [-0.4, -0.2) is 41.3 Å². The third-order valence-corrected chi connectivity index (χ3v) is 3.57. The number of nitrogens with zero attached hydrogens (tertiary/aromatic N) is 2. The van der Waals surface area contributed by atoms with Crippen molar-refractivity contribution in [2.75, 3.05) is 19.8 Å². The molecule has 2 rings (SSSR count). The van der Waals surface area contributed by atoms with Crippen molar-refractivity contribution < 1.29 is 19.2 Å². The fourth-order valence-corrected chi connectivity index (χ4v) is 2.60. The summed E-state index contributed by atoms with van der Waals surface area (Å²) in [6.45, 7) is 7.98. The van der Waals surface area contributed by atoms with Gasteiger partial charge in [-0.15, -0.1) is 0 Å². The minimum absolute atomic E-state index is 0.0246. The van der Waals surface area contributed by atoms with Gasteiger partial charge in [0.2, 0.25) is 0 Å². The van der Waals surface area contributed by atoms with Crippen molar-refractivity contribution in [2.24, 2.45) is 0 Å². The molecule has 0 N–H and O–H groups in total. The van der Waals surface area contributed by atoms with Crippen molar-refractivity contribution in [3.8, 4) is 0 Å². The van der Waals surface area contributed by atoms with Crippen LogP contribution in [0.25, 0.3) is 0 Å². The fraction of sp³-hybridized carbons (Fsp3) is 0.562. The second kappa shape index (κ2) is 6.54. The van der Waals surface area contributed by atoms with E-state index in [2.05, 4.69) is 0 Å². The van der Waals surface area contributed by atoms with E-state index in [0.29, 0.717) is 24.3 Å². The molecule has 0 saturated carbocycles. The number of aryl methyl sites for hydroxylation is 1. The van der Waals surface area contributed by atoms with E-state index in [1.807, 2.05) is 0 Å². The number of rotatable bonds is 2. The van der Waals surface area contributed by atoms with E-state index in [-0.39, 0.29) is 12.3 Å². The van der Waals surface area contributed by atoms with Gasteiger partial charge < -0.3 is 9.47 Å². The largest absolute Gasteiger partial charge is 0.444 e. The van der Waals surface area contributed by atoms with Crippen LogP contribution in [0.1, 0.15) is 37.9 Å². The molecule has 0 bridgehead atoms. The molecular weight excluding hydrogens is 300 g/mol. The lowest BCUT2D eigenvalue weighted by molar-refractivity contribution is -0.386. The number of amides is 1. The number of nitro benzene ring substituents is 1. The number of carbonyl (C=O) groups is 1. The van der Waals surface area contributed by atoms with Gasteiger partial charge in [0.25, 0.3) is 5.69 Å². The number of ether oxygens (including phenoxy) is 2. The summed E-state index contributed by atoms with van der Waals surface area (Å²) in [5, 5.41) is 11.4. The lowest BCUT2D eigenvalue weighted by Gasteiger charge is -2.36. The molecule has 0 radical (unpaired) electrons. The van der Waals surface area contributed by atoms with Gasteiger partial charge in [-0.25, -0.2) is 4.79 Å². The molecule has 7 nitrogen and oxygen atoms in total. The van der Waals surface area contributed by atoms with Crippen LogP contribution in [0.2, 0.25) is 0 Å². The summed E-state index contributed by atoms with van der Waals surface area (Å²) < 4.78 is 10.9. The number of nitro groups is 1. The van der Waals surface area contributed by atoms with Crippen LogP contribution in [0.5, 0.6) is 0 Å². The van der Waals surface area contributed by atoms with Crippen LogP contribution >= 0.6 is 0 Å². The maximum atomic E-state index is 12.4. The predicted molar refractivity (Wildman–Crippen MR) is 84.3 cm³/mol. The van der Waals surface area contributed by atoms with Crippen LogP contribution in [0.15, 0.2) is 18.2 Å². The molecule has 1 unspecified atom stereocenters. The summed E-state index contributed by atoms with van der Waals surface area (Å²) in [5.74, 6) is 0. The van der Waals surface area contributed by atoms with Gasteiger partial charge in [-0.3, -0.25) is 15.0 Å². The Morgan fingerprint density at radius 1 is 1.43 bits per heavy atom. The predicted octanol–water partition coefficient (Wildman–Crippen LogP) is 3.21. The minimum Gasteiger partial charge on any atom is -0.444 e. The minimum atomic E-state index is -0.627. The first-order valence-electron chi connectivity index (χ1n) is 7.52. The normalized spacial score (nSPS) is 18.6. The van der Waals surface area contributed by atoms with Gasteiger partial charge in [-0.1, -0.05) is 12.1 Å². The maximum absolute atomic E-state index is 12.4. The van der Waals surface area contributed by atoms with Crippen molar-refractivity contribution in [2.45, 2.75) is 39.3 Å². The molecule has 7 heteroatoms. The van der Waals surface area contributed by atoms with Crippen LogP contribution in [0, 0.1) is 17.0 Å².